The third kappa shape index (κ3) is 4.61. The lowest BCUT2D eigenvalue weighted by Crippen LogP contribution is -2.35. The number of ether oxygens (including phenoxy) is 1. The molecule has 1 N–H and O–H groups in total. The smallest absolute Gasteiger partial charge is 0.183 e. The van der Waals surface area contributed by atoms with Crippen LogP contribution in [0.25, 0.3) is 22.0 Å². The first kappa shape index (κ1) is 20.5. The molecule has 5 rings (SSSR count). The van der Waals surface area contributed by atoms with Gasteiger partial charge in [-0.2, -0.15) is 0 Å². The quantitative estimate of drug-likeness (QED) is 0.402. The van der Waals surface area contributed by atoms with E-state index in [4.69, 9.17) is 4.74 Å². The van der Waals surface area contributed by atoms with E-state index >= 15 is 0 Å². The van der Waals surface area contributed by atoms with Gasteiger partial charge in [0.25, 0.3) is 0 Å². The van der Waals surface area contributed by atoms with Crippen LogP contribution in [0.1, 0.15) is 28.9 Å². The average Bonchev–Trinajstić information content (AvgIpc) is 3.26. The number of rotatable bonds is 6. The highest BCUT2D eigenvalue weighted by molar-refractivity contribution is 6.00. The van der Waals surface area contributed by atoms with E-state index in [1.54, 1.807) is 0 Å². The van der Waals surface area contributed by atoms with Gasteiger partial charge in [-0.3, -0.25) is 4.79 Å². The lowest BCUT2D eigenvalue weighted by atomic mass is 10.0. The number of Topliss-reactive ketones (excluding diaryl/α,β-unsaturated/α-hetero) is 1. The number of carbonyl (C=O) groups excluding carboxylic acids is 1. The maximum absolute atomic E-state index is 12.7. The molecule has 162 valence electrons. The second-order valence-electron chi connectivity index (χ2n) is 8.71. The molecule has 0 radical (unpaired) electrons. The van der Waals surface area contributed by atoms with Gasteiger partial charge in [-0.05, 0) is 60.8 Å². The van der Waals surface area contributed by atoms with Gasteiger partial charge in [-0.15, -0.1) is 0 Å². The summed E-state index contributed by atoms with van der Waals surface area (Å²) >= 11 is 0. The van der Waals surface area contributed by atoms with Crippen molar-refractivity contribution in [2.45, 2.75) is 25.4 Å². The van der Waals surface area contributed by atoms with E-state index in [0.717, 1.165) is 59.3 Å². The molecule has 4 aromatic rings. The molecule has 1 aliphatic rings. The predicted molar refractivity (Wildman–Crippen MR) is 129 cm³/mol. The third-order valence-corrected chi connectivity index (χ3v) is 6.30. The number of para-hydroxylation sites is 1. The summed E-state index contributed by atoms with van der Waals surface area (Å²) in [4.78, 5) is 18.3. The average molecular weight is 425 g/mol. The first-order chi connectivity index (χ1) is 15.6. The Balaban J connectivity index is 1.21. The van der Waals surface area contributed by atoms with Crippen molar-refractivity contribution in [2.75, 3.05) is 20.1 Å². The van der Waals surface area contributed by atoms with Crippen molar-refractivity contribution < 1.29 is 9.53 Å². The lowest BCUT2D eigenvalue weighted by Gasteiger charge is -2.29. The molecule has 1 saturated heterocycles. The third-order valence-electron chi connectivity index (χ3n) is 6.30. The van der Waals surface area contributed by atoms with Crippen molar-refractivity contribution >= 4 is 16.7 Å². The molecular weight excluding hydrogens is 396 g/mol. The summed E-state index contributed by atoms with van der Waals surface area (Å²) in [5.74, 6) is 1.04. The highest BCUT2D eigenvalue weighted by Gasteiger charge is 2.18. The molecule has 3 aromatic carbocycles. The van der Waals surface area contributed by atoms with Crippen LogP contribution in [0.3, 0.4) is 0 Å². The molecule has 1 aliphatic heterocycles. The molecule has 0 saturated carbocycles. The van der Waals surface area contributed by atoms with Gasteiger partial charge in [0, 0.05) is 30.4 Å². The fourth-order valence-electron chi connectivity index (χ4n) is 4.34. The van der Waals surface area contributed by atoms with Crippen LogP contribution in [-0.2, 0) is 6.42 Å². The second-order valence-corrected chi connectivity index (χ2v) is 8.71. The van der Waals surface area contributed by atoms with Gasteiger partial charge in [0.05, 0.1) is 5.69 Å². The zero-order valence-electron chi connectivity index (χ0n) is 18.4. The Labute approximate surface area is 188 Å². The zero-order chi connectivity index (χ0) is 21.9. The van der Waals surface area contributed by atoms with Crippen molar-refractivity contribution in [2.24, 2.45) is 0 Å². The number of piperidine rings is 1. The number of aromatic amines is 1. The Morgan fingerprint density at radius 2 is 1.59 bits per heavy atom. The van der Waals surface area contributed by atoms with E-state index in [2.05, 4.69) is 53.3 Å². The second kappa shape index (κ2) is 9.01. The molecular formula is C28H28N2O2. The molecule has 0 bridgehead atoms. The Bertz CT molecular complexity index is 1170. The first-order valence-electron chi connectivity index (χ1n) is 11.3. The number of hydrogen-bond donors (Lipinski definition) is 1. The van der Waals surface area contributed by atoms with Crippen molar-refractivity contribution in [3.05, 3.63) is 90.1 Å². The number of benzene rings is 3. The van der Waals surface area contributed by atoms with Crippen LogP contribution in [0.15, 0.2) is 78.9 Å². The van der Waals surface area contributed by atoms with Gasteiger partial charge in [0.2, 0.25) is 0 Å². The van der Waals surface area contributed by atoms with Crippen LogP contribution in [-0.4, -0.2) is 41.9 Å². The number of likely N-dealkylation sites (tertiary alicyclic amines) is 1. The fraction of sp³-hybridized carbons (Fsp3) is 0.250. The lowest BCUT2D eigenvalue weighted by molar-refractivity contribution is 0.0989. The van der Waals surface area contributed by atoms with Crippen LogP contribution in [0.5, 0.6) is 5.75 Å². The zero-order valence-corrected chi connectivity index (χ0v) is 18.4. The Morgan fingerprint density at radius 3 is 2.28 bits per heavy atom. The van der Waals surface area contributed by atoms with Crippen LogP contribution in [0.2, 0.25) is 0 Å². The van der Waals surface area contributed by atoms with Crippen molar-refractivity contribution in [3.8, 4) is 16.9 Å². The summed E-state index contributed by atoms with van der Waals surface area (Å²) in [5.41, 5.74) is 4.96. The minimum atomic E-state index is 0.101. The van der Waals surface area contributed by atoms with Crippen LogP contribution in [0, 0.1) is 0 Å². The van der Waals surface area contributed by atoms with Crippen LogP contribution in [0.4, 0.5) is 0 Å². The number of nitrogens with one attached hydrogen (secondary N) is 1. The SMILES string of the molecule is CN1CCC(Oc2ccc(-c3ccc(CC(=O)c4cc5ccccc5[nH]4)cc3)cc2)CC1. The van der Waals surface area contributed by atoms with E-state index in [1.807, 2.05) is 42.5 Å². The maximum atomic E-state index is 12.7. The number of H-pyrrole nitrogens is 1. The summed E-state index contributed by atoms with van der Waals surface area (Å²) < 4.78 is 6.15. The monoisotopic (exact) mass is 424 g/mol. The molecule has 0 aliphatic carbocycles. The summed E-state index contributed by atoms with van der Waals surface area (Å²) in [5, 5.41) is 1.06. The minimum absolute atomic E-state index is 0.101. The number of hydrogen-bond acceptors (Lipinski definition) is 3. The van der Waals surface area contributed by atoms with E-state index < -0.39 is 0 Å². The molecule has 0 spiro atoms. The Kier molecular flexibility index (Phi) is 5.78. The highest BCUT2D eigenvalue weighted by atomic mass is 16.5. The highest BCUT2D eigenvalue weighted by Crippen LogP contribution is 2.25. The summed E-state index contributed by atoms with van der Waals surface area (Å²) in [6.45, 7) is 2.19. The molecule has 4 heteroatoms. The van der Waals surface area contributed by atoms with E-state index in [1.165, 1.54) is 0 Å². The predicted octanol–water partition coefficient (Wildman–Crippen LogP) is 5.73. The van der Waals surface area contributed by atoms with E-state index in [0.29, 0.717) is 18.2 Å². The van der Waals surface area contributed by atoms with Gasteiger partial charge in [0.15, 0.2) is 5.78 Å². The molecule has 32 heavy (non-hydrogen) atoms. The molecule has 1 aromatic heterocycles. The van der Waals surface area contributed by atoms with Gasteiger partial charge < -0.3 is 14.6 Å². The largest absolute Gasteiger partial charge is 0.490 e. The van der Waals surface area contributed by atoms with Gasteiger partial charge in [0.1, 0.15) is 11.9 Å². The molecule has 0 amide bonds. The molecule has 4 nitrogen and oxygen atoms in total. The number of nitrogens with zero attached hydrogens (tertiary/aromatic N) is 1. The molecule has 0 atom stereocenters. The van der Waals surface area contributed by atoms with Crippen LogP contribution >= 0.6 is 0 Å². The number of fused-ring (bicyclic) bond motifs is 1. The Hall–Kier alpha value is -3.37. The molecule has 2 heterocycles. The standard InChI is InChI=1S/C28H28N2O2/c1-30-16-14-25(15-17-30)32-24-12-10-22(11-13-24)21-8-6-20(7-9-21)18-28(31)27-19-23-4-2-3-5-26(23)29-27/h2-13,19,25,29H,14-18H2,1H3. The summed E-state index contributed by atoms with van der Waals surface area (Å²) in [7, 11) is 2.16. The number of carbonyl (C=O) groups is 1. The van der Waals surface area contributed by atoms with Crippen molar-refractivity contribution in [1.29, 1.82) is 0 Å². The maximum Gasteiger partial charge on any atom is 0.183 e. The topological polar surface area (TPSA) is 45.3 Å². The normalized spacial score (nSPS) is 15.2. The van der Waals surface area contributed by atoms with Gasteiger partial charge in [-0.1, -0.05) is 54.6 Å². The summed E-state index contributed by atoms with van der Waals surface area (Å²) in [6.07, 6.45) is 2.86. The van der Waals surface area contributed by atoms with E-state index in [-0.39, 0.29) is 5.78 Å². The first-order valence-corrected chi connectivity index (χ1v) is 11.3. The Morgan fingerprint density at radius 1 is 0.938 bits per heavy atom. The van der Waals surface area contributed by atoms with Crippen molar-refractivity contribution in [3.63, 3.8) is 0 Å². The number of ketones is 1. The molecule has 0 unspecified atom stereocenters. The van der Waals surface area contributed by atoms with Crippen molar-refractivity contribution in [1.82, 2.24) is 9.88 Å². The minimum Gasteiger partial charge on any atom is -0.490 e. The van der Waals surface area contributed by atoms with E-state index in [9.17, 15) is 4.79 Å². The fourth-order valence-corrected chi connectivity index (χ4v) is 4.34. The molecule has 1 fully saturated rings. The van der Waals surface area contributed by atoms with Gasteiger partial charge in [-0.25, -0.2) is 0 Å². The summed E-state index contributed by atoms with van der Waals surface area (Å²) in [6, 6.07) is 26.5. The van der Waals surface area contributed by atoms with Crippen LogP contribution < -0.4 is 4.74 Å². The number of aromatic nitrogens is 1. The van der Waals surface area contributed by atoms with Gasteiger partial charge >= 0.3 is 0 Å².